The van der Waals surface area contributed by atoms with E-state index in [0.29, 0.717) is 11.5 Å². The van der Waals surface area contributed by atoms with E-state index < -0.39 is 0 Å². The lowest BCUT2D eigenvalue weighted by Gasteiger charge is -2.24. The molecule has 0 aromatic carbocycles. The third-order valence-corrected chi connectivity index (χ3v) is 3.75. The van der Waals surface area contributed by atoms with Gasteiger partial charge in [-0.15, -0.1) is 0 Å². The van der Waals surface area contributed by atoms with Gasteiger partial charge in [-0.2, -0.15) is 0 Å². The molecular formula is C12H19N3O. The van der Waals surface area contributed by atoms with E-state index in [-0.39, 0.29) is 6.10 Å². The Hall–Kier alpha value is -0.870. The molecule has 2 heterocycles. The maximum absolute atomic E-state index is 5.79. The minimum atomic E-state index is 0.174. The molecule has 0 spiro atoms. The zero-order valence-corrected chi connectivity index (χ0v) is 9.94. The number of aromatic nitrogens is 2. The third-order valence-electron chi connectivity index (χ3n) is 3.75. The molecule has 1 aliphatic heterocycles. The normalized spacial score (nSPS) is 32.6. The lowest BCUT2D eigenvalue weighted by Crippen LogP contribution is -2.34. The van der Waals surface area contributed by atoms with E-state index >= 15 is 0 Å². The summed E-state index contributed by atoms with van der Waals surface area (Å²) in [6.45, 7) is 7.27. The molecule has 2 fully saturated rings. The lowest BCUT2D eigenvalue weighted by atomic mass is 10.1. The topological polar surface area (TPSA) is 39.1 Å². The molecule has 1 aliphatic carbocycles. The van der Waals surface area contributed by atoms with E-state index in [9.17, 15) is 0 Å². The predicted octanol–water partition coefficient (Wildman–Crippen LogP) is 1.51. The van der Waals surface area contributed by atoms with Crippen LogP contribution in [0.3, 0.4) is 0 Å². The maximum Gasteiger partial charge on any atom is 0.111 e. The number of hydrogen-bond acceptors (Lipinski definition) is 3. The quantitative estimate of drug-likeness (QED) is 0.823. The average Bonchev–Trinajstić information content (AvgIpc) is 2.75. The standard InChI is InChI=1S/C12H19N3O/c1-12(2)5-11(12)15-8-14-6-9(15)10-7-13-3-4-16-10/h6,8,10-11,13H,3-5,7H2,1-2H3. The Bertz CT molecular complexity index is 379. The Morgan fingerprint density at radius 2 is 2.38 bits per heavy atom. The summed E-state index contributed by atoms with van der Waals surface area (Å²) in [7, 11) is 0. The summed E-state index contributed by atoms with van der Waals surface area (Å²) in [5.41, 5.74) is 1.65. The molecule has 1 aromatic heterocycles. The number of rotatable bonds is 2. The first-order chi connectivity index (χ1) is 7.68. The molecule has 16 heavy (non-hydrogen) atoms. The zero-order valence-electron chi connectivity index (χ0n) is 9.94. The van der Waals surface area contributed by atoms with Crippen LogP contribution in [0.4, 0.5) is 0 Å². The molecule has 1 aromatic rings. The van der Waals surface area contributed by atoms with Crippen molar-refractivity contribution in [3.8, 4) is 0 Å². The van der Waals surface area contributed by atoms with Gasteiger partial charge < -0.3 is 14.6 Å². The van der Waals surface area contributed by atoms with Crippen LogP contribution in [0.1, 0.15) is 38.1 Å². The number of morpholine rings is 1. The Morgan fingerprint density at radius 1 is 1.56 bits per heavy atom. The molecule has 88 valence electrons. The van der Waals surface area contributed by atoms with Crippen molar-refractivity contribution in [1.82, 2.24) is 14.9 Å². The highest BCUT2D eigenvalue weighted by Gasteiger charge is 2.48. The molecule has 0 bridgehead atoms. The third kappa shape index (κ3) is 1.66. The summed E-state index contributed by atoms with van der Waals surface area (Å²) in [6, 6.07) is 0.607. The van der Waals surface area contributed by atoms with Crippen LogP contribution in [0.15, 0.2) is 12.5 Å². The van der Waals surface area contributed by atoms with Crippen molar-refractivity contribution in [1.29, 1.82) is 0 Å². The molecule has 4 nitrogen and oxygen atoms in total. The van der Waals surface area contributed by atoms with Crippen LogP contribution in [0.2, 0.25) is 0 Å². The SMILES string of the molecule is CC1(C)CC1n1cncc1C1CNCCO1. The highest BCUT2D eigenvalue weighted by Crippen LogP contribution is 2.56. The minimum Gasteiger partial charge on any atom is -0.369 e. The van der Waals surface area contributed by atoms with Crippen molar-refractivity contribution < 1.29 is 4.74 Å². The molecule has 3 rings (SSSR count). The van der Waals surface area contributed by atoms with Crippen LogP contribution in [0, 0.1) is 5.41 Å². The largest absolute Gasteiger partial charge is 0.369 e. The number of hydrogen-bond donors (Lipinski definition) is 1. The first-order valence-corrected chi connectivity index (χ1v) is 6.02. The highest BCUT2D eigenvalue weighted by molar-refractivity contribution is 5.12. The fourth-order valence-electron chi connectivity index (χ4n) is 2.49. The van der Waals surface area contributed by atoms with Gasteiger partial charge in [0.1, 0.15) is 6.10 Å². The van der Waals surface area contributed by atoms with Gasteiger partial charge in [0.2, 0.25) is 0 Å². The van der Waals surface area contributed by atoms with Crippen LogP contribution < -0.4 is 5.32 Å². The van der Waals surface area contributed by atoms with E-state index in [0.717, 1.165) is 19.7 Å². The van der Waals surface area contributed by atoms with Crippen molar-refractivity contribution in [3.63, 3.8) is 0 Å². The van der Waals surface area contributed by atoms with Gasteiger partial charge in [-0.05, 0) is 11.8 Å². The van der Waals surface area contributed by atoms with Gasteiger partial charge in [-0.25, -0.2) is 4.98 Å². The van der Waals surface area contributed by atoms with Crippen LogP contribution >= 0.6 is 0 Å². The monoisotopic (exact) mass is 221 g/mol. The molecule has 1 saturated carbocycles. The first kappa shape index (κ1) is 10.3. The molecule has 2 unspecified atom stereocenters. The second-order valence-electron chi connectivity index (χ2n) is 5.50. The van der Waals surface area contributed by atoms with Gasteiger partial charge in [0, 0.05) is 19.1 Å². The van der Waals surface area contributed by atoms with Gasteiger partial charge in [-0.1, -0.05) is 13.8 Å². The van der Waals surface area contributed by atoms with Crippen LogP contribution in [-0.2, 0) is 4.74 Å². The van der Waals surface area contributed by atoms with Crippen molar-refractivity contribution in [2.45, 2.75) is 32.4 Å². The Kier molecular flexibility index (Phi) is 2.30. The van der Waals surface area contributed by atoms with Crippen molar-refractivity contribution in [2.75, 3.05) is 19.7 Å². The Labute approximate surface area is 96.0 Å². The van der Waals surface area contributed by atoms with Crippen molar-refractivity contribution in [3.05, 3.63) is 18.2 Å². The van der Waals surface area contributed by atoms with E-state index in [1.807, 2.05) is 12.5 Å². The summed E-state index contributed by atoms with van der Waals surface area (Å²) in [4.78, 5) is 4.28. The number of imidazole rings is 1. The second-order valence-corrected chi connectivity index (χ2v) is 5.50. The van der Waals surface area contributed by atoms with Gasteiger partial charge >= 0.3 is 0 Å². The molecule has 0 radical (unpaired) electrons. The summed E-state index contributed by atoms with van der Waals surface area (Å²) >= 11 is 0. The number of ether oxygens (including phenoxy) is 1. The van der Waals surface area contributed by atoms with E-state index in [1.54, 1.807) is 0 Å². The summed E-state index contributed by atoms with van der Waals surface area (Å²) in [5, 5.41) is 3.36. The van der Waals surface area contributed by atoms with E-state index in [4.69, 9.17) is 4.74 Å². The fourth-order valence-corrected chi connectivity index (χ4v) is 2.49. The Morgan fingerprint density at radius 3 is 3.00 bits per heavy atom. The molecule has 1 saturated heterocycles. The van der Waals surface area contributed by atoms with Gasteiger partial charge in [0.05, 0.1) is 24.8 Å². The predicted molar refractivity (Wildman–Crippen MR) is 61.2 cm³/mol. The van der Waals surface area contributed by atoms with E-state index in [2.05, 4.69) is 28.7 Å². The van der Waals surface area contributed by atoms with Gasteiger partial charge in [0.15, 0.2) is 0 Å². The minimum absolute atomic E-state index is 0.174. The fraction of sp³-hybridized carbons (Fsp3) is 0.750. The summed E-state index contributed by atoms with van der Waals surface area (Å²) in [6.07, 6.45) is 5.32. The van der Waals surface area contributed by atoms with Crippen molar-refractivity contribution in [2.24, 2.45) is 5.41 Å². The summed E-state index contributed by atoms with van der Waals surface area (Å²) in [5.74, 6) is 0. The maximum atomic E-state index is 5.79. The van der Waals surface area contributed by atoms with Gasteiger partial charge in [0.25, 0.3) is 0 Å². The number of nitrogens with one attached hydrogen (secondary N) is 1. The van der Waals surface area contributed by atoms with Crippen LogP contribution in [0.5, 0.6) is 0 Å². The molecule has 4 heteroatoms. The summed E-state index contributed by atoms with van der Waals surface area (Å²) < 4.78 is 8.09. The zero-order chi connectivity index (χ0) is 11.2. The smallest absolute Gasteiger partial charge is 0.111 e. The molecular weight excluding hydrogens is 202 g/mol. The van der Waals surface area contributed by atoms with Gasteiger partial charge in [-0.3, -0.25) is 0 Å². The second kappa shape index (κ2) is 3.57. The first-order valence-electron chi connectivity index (χ1n) is 6.02. The number of nitrogens with zero attached hydrogens (tertiary/aromatic N) is 2. The molecule has 2 aliphatic rings. The molecule has 2 atom stereocenters. The molecule has 1 N–H and O–H groups in total. The van der Waals surface area contributed by atoms with E-state index in [1.165, 1.54) is 12.1 Å². The Balaban J connectivity index is 1.82. The van der Waals surface area contributed by atoms with Crippen molar-refractivity contribution >= 4 is 0 Å². The van der Waals surface area contributed by atoms with Crippen LogP contribution in [0.25, 0.3) is 0 Å². The molecule has 0 amide bonds. The lowest BCUT2D eigenvalue weighted by molar-refractivity contribution is 0.0225. The highest BCUT2D eigenvalue weighted by atomic mass is 16.5. The van der Waals surface area contributed by atoms with Crippen LogP contribution in [-0.4, -0.2) is 29.2 Å². The average molecular weight is 221 g/mol.